The summed E-state index contributed by atoms with van der Waals surface area (Å²) in [4.78, 5) is 40.7. The second-order valence-electron chi connectivity index (χ2n) is 9.32. The van der Waals surface area contributed by atoms with Crippen molar-refractivity contribution in [2.24, 2.45) is 5.73 Å². The third-order valence-corrected chi connectivity index (χ3v) is 7.34. The molecule has 1 aromatic carbocycles. The van der Waals surface area contributed by atoms with Crippen molar-refractivity contribution in [1.82, 2.24) is 15.5 Å². The number of nitrogens with one attached hydrogen (secondary N) is 3. The van der Waals surface area contributed by atoms with Crippen molar-refractivity contribution in [2.45, 2.75) is 44.6 Å². The fourth-order valence-electron chi connectivity index (χ4n) is 4.37. The molecule has 11 nitrogen and oxygen atoms in total. The van der Waals surface area contributed by atoms with Gasteiger partial charge < -0.3 is 35.5 Å². The van der Waals surface area contributed by atoms with E-state index in [0.717, 1.165) is 16.2 Å². The summed E-state index contributed by atoms with van der Waals surface area (Å²) < 4.78 is 17.1. The Kier molecular flexibility index (Phi) is 8.97. The summed E-state index contributed by atoms with van der Waals surface area (Å²) in [7, 11) is 0. The number of nitrogen functional groups attached to an aromatic ring is 1. The molecule has 1 aromatic heterocycles. The van der Waals surface area contributed by atoms with E-state index in [2.05, 4.69) is 10.6 Å². The average molecular weight is 544 g/mol. The fourth-order valence-corrected chi connectivity index (χ4v) is 5.19. The molecular formula is C26H33N5O6S. The minimum Gasteiger partial charge on any atom is -0.494 e. The molecular weight excluding hydrogens is 510 g/mol. The fraction of sp³-hybridized carbons (Fsp3) is 0.462. The van der Waals surface area contributed by atoms with Gasteiger partial charge in [-0.25, -0.2) is 0 Å². The van der Waals surface area contributed by atoms with Crippen molar-refractivity contribution in [3.63, 3.8) is 0 Å². The van der Waals surface area contributed by atoms with Crippen molar-refractivity contribution in [3.8, 4) is 5.75 Å². The number of thiophene rings is 1. The standard InChI is InChI=1S/C26H33N5O6S/c1-17-4-6-19(7-5-17)35-8-2-3-22(32)29-14-23(33)31-16-26(36-9-10-37-26)12-21(31)25(34)30-13-20-11-18(15-38-20)24(27)28/h4-7,11,15,21H,2-3,8-10,12-14,16H2,1H3,(H3,27,28)(H,29,32)(H,30,34)/t21-/m0/s1. The second kappa shape index (κ2) is 12.4. The molecule has 3 amide bonds. The van der Waals surface area contributed by atoms with E-state index >= 15 is 0 Å². The number of nitrogens with two attached hydrogens (primary N) is 1. The molecule has 4 rings (SSSR count). The summed E-state index contributed by atoms with van der Waals surface area (Å²) in [5.74, 6) is -1.31. The zero-order chi connectivity index (χ0) is 27.1. The number of aryl methyl sites for hydroxylation is 1. The number of hydrogen-bond acceptors (Lipinski definition) is 8. The van der Waals surface area contributed by atoms with Gasteiger partial charge in [0.25, 0.3) is 0 Å². The lowest BCUT2D eigenvalue weighted by molar-refractivity contribution is -0.152. The first-order chi connectivity index (χ1) is 18.2. The number of amidine groups is 1. The number of carbonyl (C=O) groups excluding carboxylic acids is 3. The monoisotopic (exact) mass is 543 g/mol. The van der Waals surface area contributed by atoms with Crippen molar-refractivity contribution in [1.29, 1.82) is 5.41 Å². The molecule has 2 aliphatic heterocycles. The second-order valence-corrected chi connectivity index (χ2v) is 10.3. The molecule has 2 aromatic rings. The quantitative estimate of drug-likeness (QED) is 0.189. The summed E-state index contributed by atoms with van der Waals surface area (Å²) in [5.41, 5.74) is 7.25. The Morgan fingerprint density at radius 2 is 1.95 bits per heavy atom. The van der Waals surface area contributed by atoms with Crippen LogP contribution in [0.5, 0.6) is 5.75 Å². The van der Waals surface area contributed by atoms with E-state index in [4.69, 9.17) is 25.4 Å². The van der Waals surface area contributed by atoms with Gasteiger partial charge in [-0.1, -0.05) is 17.7 Å². The molecule has 0 unspecified atom stereocenters. The topological polar surface area (TPSA) is 156 Å². The number of benzene rings is 1. The molecule has 12 heteroatoms. The maximum atomic E-state index is 13.1. The molecule has 38 heavy (non-hydrogen) atoms. The van der Waals surface area contributed by atoms with E-state index in [-0.39, 0.29) is 56.0 Å². The minimum absolute atomic E-state index is 0.0373. The van der Waals surface area contributed by atoms with Crippen LogP contribution in [-0.4, -0.2) is 73.2 Å². The summed E-state index contributed by atoms with van der Waals surface area (Å²) in [6, 6.07) is 8.62. The molecule has 2 aliphatic rings. The van der Waals surface area contributed by atoms with E-state index in [9.17, 15) is 14.4 Å². The molecule has 1 spiro atoms. The van der Waals surface area contributed by atoms with E-state index in [1.165, 1.54) is 16.2 Å². The lowest BCUT2D eigenvalue weighted by Gasteiger charge is -2.24. The van der Waals surface area contributed by atoms with Crippen LogP contribution >= 0.6 is 11.3 Å². The Labute approximate surface area is 225 Å². The highest BCUT2D eigenvalue weighted by Crippen LogP contribution is 2.35. The zero-order valence-corrected chi connectivity index (χ0v) is 22.1. The van der Waals surface area contributed by atoms with Gasteiger partial charge >= 0.3 is 0 Å². The van der Waals surface area contributed by atoms with Crippen LogP contribution in [0.25, 0.3) is 0 Å². The molecule has 0 bridgehead atoms. The molecule has 204 valence electrons. The van der Waals surface area contributed by atoms with Crippen molar-refractivity contribution < 1.29 is 28.6 Å². The van der Waals surface area contributed by atoms with Crippen LogP contribution in [0.3, 0.4) is 0 Å². The average Bonchev–Trinajstić information content (AvgIpc) is 3.65. The molecule has 2 fully saturated rings. The predicted octanol–water partition coefficient (Wildman–Crippen LogP) is 1.28. The van der Waals surface area contributed by atoms with Gasteiger partial charge in [0.15, 0.2) is 5.79 Å². The highest BCUT2D eigenvalue weighted by molar-refractivity contribution is 7.10. The molecule has 0 aliphatic carbocycles. The Balaban J connectivity index is 1.26. The Bertz CT molecular complexity index is 1160. The highest BCUT2D eigenvalue weighted by atomic mass is 32.1. The first-order valence-corrected chi connectivity index (χ1v) is 13.4. The van der Waals surface area contributed by atoms with Gasteiger partial charge in [0.1, 0.15) is 17.6 Å². The van der Waals surface area contributed by atoms with E-state index in [0.29, 0.717) is 31.8 Å². The summed E-state index contributed by atoms with van der Waals surface area (Å²) in [5, 5.41) is 14.8. The van der Waals surface area contributed by atoms with Crippen LogP contribution in [0.2, 0.25) is 0 Å². The summed E-state index contributed by atoms with van der Waals surface area (Å²) >= 11 is 1.38. The first kappa shape index (κ1) is 27.6. The van der Waals surface area contributed by atoms with Gasteiger partial charge in [0.2, 0.25) is 17.7 Å². The lowest BCUT2D eigenvalue weighted by atomic mass is 10.1. The molecule has 2 saturated heterocycles. The van der Waals surface area contributed by atoms with Crippen LogP contribution in [0.15, 0.2) is 35.7 Å². The molecule has 3 heterocycles. The van der Waals surface area contributed by atoms with E-state index in [1.807, 2.05) is 31.2 Å². The van der Waals surface area contributed by atoms with Crippen molar-refractivity contribution in [2.75, 3.05) is 32.9 Å². The Hall–Kier alpha value is -3.48. The van der Waals surface area contributed by atoms with Gasteiger partial charge in [0, 0.05) is 28.7 Å². The van der Waals surface area contributed by atoms with Gasteiger partial charge in [-0.05, 0) is 31.5 Å². The Morgan fingerprint density at radius 1 is 1.21 bits per heavy atom. The number of likely N-dealkylation sites (tertiary alicyclic amines) is 1. The van der Waals surface area contributed by atoms with Crippen molar-refractivity contribution >= 4 is 34.9 Å². The predicted molar refractivity (Wildman–Crippen MR) is 141 cm³/mol. The van der Waals surface area contributed by atoms with Gasteiger partial charge in [0.05, 0.1) is 39.5 Å². The maximum absolute atomic E-state index is 13.1. The molecule has 0 radical (unpaired) electrons. The smallest absolute Gasteiger partial charge is 0.243 e. The third kappa shape index (κ3) is 7.09. The minimum atomic E-state index is -1.01. The largest absolute Gasteiger partial charge is 0.494 e. The van der Waals surface area contributed by atoms with Crippen LogP contribution in [0.4, 0.5) is 0 Å². The Morgan fingerprint density at radius 3 is 2.63 bits per heavy atom. The first-order valence-electron chi connectivity index (χ1n) is 12.5. The third-order valence-electron chi connectivity index (χ3n) is 6.40. The molecule has 0 saturated carbocycles. The van der Waals surface area contributed by atoms with E-state index in [1.54, 1.807) is 11.4 Å². The lowest BCUT2D eigenvalue weighted by Crippen LogP contribution is -2.49. The molecule has 1 atom stereocenters. The molecule has 5 N–H and O–H groups in total. The summed E-state index contributed by atoms with van der Waals surface area (Å²) in [6.45, 7) is 3.28. The van der Waals surface area contributed by atoms with Crippen LogP contribution in [0.1, 0.15) is 35.3 Å². The zero-order valence-electron chi connectivity index (χ0n) is 21.3. The highest BCUT2D eigenvalue weighted by Gasteiger charge is 2.52. The van der Waals surface area contributed by atoms with Gasteiger partial charge in [-0.2, -0.15) is 0 Å². The number of rotatable bonds is 11. The number of amides is 3. The number of nitrogens with zero attached hydrogens (tertiary/aromatic N) is 1. The maximum Gasteiger partial charge on any atom is 0.243 e. The number of hydrogen-bond donors (Lipinski definition) is 4. The van der Waals surface area contributed by atoms with E-state index < -0.39 is 11.8 Å². The number of ether oxygens (including phenoxy) is 3. The van der Waals surface area contributed by atoms with Crippen LogP contribution < -0.4 is 21.1 Å². The van der Waals surface area contributed by atoms with Gasteiger partial charge in [-0.15, -0.1) is 11.3 Å². The van der Waals surface area contributed by atoms with Crippen LogP contribution in [0, 0.1) is 12.3 Å². The number of carbonyl (C=O) groups is 3. The normalized spacial score (nSPS) is 17.9. The van der Waals surface area contributed by atoms with Gasteiger partial charge in [-0.3, -0.25) is 19.8 Å². The summed E-state index contributed by atoms with van der Waals surface area (Å²) in [6.07, 6.45) is 0.918. The van der Waals surface area contributed by atoms with Crippen molar-refractivity contribution in [3.05, 3.63) is 51.7 Å². The van der Waals surface area contributed by atoms with Crippen LogP contribution in [-0.2, 0) is 30.4 Å². The SMILES string of the molecule is Cc1ccc(OCCCC(=O)NCC(=O)N2CC3(C[C@H]2C(=O)NCc2cc(C(=N)N)cs2)OCCO3)cc1.